The van der Waals surface area contributed by atoms with Gasteiger partial charge >= 0.3 is 0 Å². The molecule has 2 aliphatic rings. The Kier molecular flexibility index (Phi) is 9.65. The van der Waals surface area contributed by atoms with Crippen LogP contribution < -0.4 is 32.6 Å². The molecule has 12 heteroatoms. The van der Waals surface area contributed by atoms with Crippen molar-refractivity contribution in [2.45, 2.75) is 19.3 Å². The lowest BCUT2D eigenvalue weighted by molar-refractivity contribution is -2.00. The van der Waals surface area contributed by atoms with Crippen molar-refractivity contribution in [1.29, 1.82) is 5.41 Å². The molecule has 1 fully saturated rings. The number of rotatable bonds is 0. The standard InChI is InChI=1S/C11H15N2.2ClHO4/c12-10-4-6-11(7-5-10)13-8-2-1-3-9-13;2*2-1(3,4)5/h4-7,12H,1-3,8-9H2;2*(H,2,3,4,5)/q+1;;/p-1. The van der Waals surface area contributed by atoms with Gasteiger partial charge in [-0.15, -0.1) is 10.2 Å². The van der Waals surface area contributed by atoms with E-state index in [4.69, 9.17) is 42.7 Å². The van der Waals surface area contributed by atoms with Crippen LogP contribution in [0.5, 0.6) is 0 Å². The lowest BCUT2D eigenvalue weighted by Gasteiger charge is -2.17. The summed E-state index contributed by atoms with van der Waals surface area (Å²) in [5.74, 6) is 0. The predicted molar refractivity (Wildman–Crippen MR) is 57.1 cm³/mol. The van der Waals surface area contributed by atoms with Crippen molar-refractivity contribution in [3.05, 3.63) is 24.3 Å². The third-order valence-electron chi connectivity index (χ3n) is 2.59. The minimum Gasteiger partial charge on any atom is -0.301 e. The van der Waals surface area contributed by atoms with Gasteiger partial charge in [0.1, 0.15) is 13.1 Å². The van der Waals surface area contributed by atoms with Crippen LogP contribution in [0.3, 0.4) is 0 Å². The molecule has 0 aromatic rings. The Morgan fingerprint density at radius 3 is 1.52 bits per heavy atom. The van der Waals surface area contributed by atoms with E-state index in [0.29, 0.717) is 5.71 Å². The summed E-state index contributed by atoms with van der Waals surface area (Å²) in [4.78, 5) is 0. The van der Waals surface area contributed by atoms with Crippen molar-refractivity contribution in [1.82, 2.24) is 0 Å². The first-order valence-corrected chi connectivity index (χ1v) is 8.67. The zero-order valence-electron chi connectivity index (χ0n) is 11.9. The summed E-state index contributed by atoms with van der Waals surface area (Å²) >= 11 is 0. The molecule has 0 unspecified atom stereocenters. The molecule has 0 spiro atoms. The van der Waals surface area contributed by atoms with Gasteiger partial charge in [-0.05, 0) is 18.6 Å². The maximum Gasteiger partial charge on any atom is 0.200 e. The summed E-state index contributed by atoms with van der Waals surface area (Å²) in [6.45, 7) is 2.36. The van der Waals surface area contributed by atoms with Gasteiger partial charge in [-0.25, -0.2) is 23.2 Å². The molecule has 23 heavy (non-hydrogen) atoms. The van der Waals surface area contributed by atoms with Crippen LogP contribution in [-0.4, -0.2) is 33.7 Å². The van der Waals surface area contributed by atoms with Crippen molar-refractivity contribution in [2.24, 2.45) is 0 Å². The first-order valence-electron chi connectivity index (χ1n) is 6.18. The smallest absolute Gasteiger partial charge is 0.200 e. The van der Waals surface area contributed by atoms with E-state index in [2.05, 4.69) is 4.58 Å². The van der Waals surface area contributed by atoms with E-state index in [1.807, 2.05) is 24.3 Å². The topological polar surface area (TPSA) is 209 Å². The molecule has 10 nitrogen and oxygen atoms in total. The van der Waals surface area contributed by atoms with E-state index >= 15 is 0 Å². The second-order valence-corrected chi connectivity index (χ2v) is 5.92. The predicted octanol–water partition coefficient (Wildman–Crippen LogP) is -7.11. The third kappa shape index (κ3) is 17.3. The van der Waals surface area contributed by atoms with E-state index in [1.165, 1.54) is 38.1 Å². The summed E-state index contributed by atoms with van der Waals surface area (Å²) < 4.78 is 69.1. The summed E-state index contributed by atoms with van der Waals surface area (Å²) in [7, 11) is -9.64. The zero-order valence-corrected chi connectivity index (χ0v) is 13.4. The molecule has 1 aliphatic heterocycles. The highest BCUT2D eigenvalue weighted by Gasteiger charge is 2.15. The first kappa shape index (κ1) is 22.1. The molecule has 0 aromatic heterocycles. The number of hydrogen-bond acceptors (Lipinski definition) is 9. The Morgan fingerprint density at radius 1 is 0.826 bits per heavy atom. The summed E-state index contributed by atoms with van der Waals surface area (Å²) in [5, 5.41) is 7.39. The molecule has 0 aromatic carbocycles. The highest BCUT2D eigenvalue weighted by atomic mass is 35.7. The fourth-order valence-corrected chi connectivity index (χ4v) is 1.82. The Labute approximate surface area is 136 Å². The average Bonchev–Trinajstić information content (AvgIpc) is 2.37. The van der Waals surface area contributed by atoms with E-state index in [1.54, 1.807) is 0 Å². The third-order valence-corrected chi connectivity index (χ3v) is 2.59. The normalized spacial score (nSPS) is 18.0. The van der Waals surface area contributed by atoms with Gasteiger partial charge in [-0.3, -0.25) is 0 Å². The second kappa shape index (κ2) is 10.1. The van der Waals surface area contributed by atoms with Crippen molar-refractivity contribution in [3.63, 3.8) is 0 Å². The number of halogens is 2. The largest absolute Gasteiger partial charge is 0.301 e. The Balaban J connectivity index is 0.000000406. The van der Waals surface area contributed by atoms with Crippen molar-refractivity contribution in [3.8, 4) is 0 Å². The van der Waals surface area contributed by atoms with Gasteiger partial charge in [0.15, 0.2) is 5.71 Å². The minimum absolute atomic E-state index is 0.598. The summed E-state index contributed by atoms with van der Waals surface area (Å²) in [6, 6.07) is 0. The second-order valence-electron chi connectivity index (χ2n) is 4.37. The van der Waals surface area contributed by atoms with Crippen LogP contribution in [0, 0.1) is 25.9 Å². The highest BCUT2D eigenvalue weighted by molar-refractivity contribution is 6.15. The number of nitrogens with zero attached hydrogens (tertiary/aromatic N) is 1. The molecule has 0 saturated carbocycles. The maximum atomic E-state index is 8.60. The van der Waals surface area contributed by atoms with Gasteiger partial charge in [0.25, 0.3) is 0 Å². The highest BCUT2D eigenvalue weighted by Crippen LogP contribution is 2.06. The number of nitrogens with one attached hydrogen (secondary N) is 1. The van der Waals surface area contributed by atoms with Crippen LogP contribution in [0.2, 0.25) is 0 Å². The van der Waals surface area contributed by atoms with Crippen LogP contribution in [0.1, 0.15) is 19.3 Å². The fraction of sp³-hybridized carbons (Fsp3) is 0.455. The number of hydrogen-bond donors (Lipinski definition) is 2. The number of piperidine rings is 1. The van der Waals surface area contributed by atoms with Gasteiger partial charge in [0, 0.05) is 25.0 Å². The fourth-order valence-electron chi connectivity index (χ4n) is 1.82. The lowest BCUT2D eigenvalue weighted by Crippen LogP contribution is -2.68. The molecule has 0 atom stereocenters. The van der Waals surface area contributed by atoms with E-state index in [-0.39, 0.29) is 0 Å². The number of allylic oxidation sites excluding steroid dienone is 4. The van der Waals surface area contributed by atoms with Gasteiger partial charge in [0.2, 0.25) is 0 Å². The van der Waals surface area contributed by atoms with Gasteiger partial charge in [-0.1, -0.05) is 0 Å². The van der Waals surface area contributed by atoms with Crippen molar-refractivity contribution in [2.75, 3.05) is 13.1 Å². The van der Waals surface area contributed by atoms with Crippen molar-refractivity contribution < 1.29 is 62.3 Å². The molecule has 2 N–H and O–H groups in total. The SMILES string of the molecule is N=C1C=CC(=[N+]2CCCCC2)C=C1.[O-][Cl+3]([O-])([O-])O.[O-][Cl+3]([O-])([O-])[O-]. The Hall–Kier alpha value is -0.920. The quantitative estimate of drug-likeness (QED) is 0.306. The molecule has 0 amide bonds. The summed E-state index contributed by atoms with van der Waals surface area (Å²) in [6.07, 6.45) is 11.8. The molecule has 1 saturated heterocycles. The molecular weight excluding hydrogens is 359 g/mol. The molecule has 0 bridgehead atoms. The molecule has 132 valence electrons. The van der Waals surface area contributed by atoms with Crippen LogP contribution in [0.25, 0.3) is 0 Å². The van der Waals surface area contributed by atoms with Crippen LogP contribution >= 0.6 is 0 Å². The van der Waals surface area contributed by atoms with Gasteiger partial charge in [0.05, 0.1) is 20.6 Å². The molecule has 2 rings (SSSR count). The Bertz CT molecular complexity index is 429. The van der Waals surface area contributed by atoms with Crippen LogP contribution in [-0.2, 0) is 0 Å². The first-order chi connectivity index (χ1) is 10.4. The van der Waals surface area contributed by atoms with E-state index in [9.17, 15) is 0 Å². The zero-order chi connectivity index (χ0) is 18.1. The van der Waals surface area contributed by atoms with E-state index in [0.717, 1.165) is 0 Å². The molecule has 0 radical (unpaired) electrons. The van der Waals surface area contributed by atoms with Gasteiger partial charge < -0.3 is 5.41 Å². The molecule has 1 heterocycles. The van der Waals surface area contributed by atoms with Crippen LogP contribution in [0.15, 0.2) is 24.3 Å². The monoisotopic (exact) mass is 374 g/mol. The average molecular weight is 375 g/mol. The molecular formula is C11H16Cl2N2O8. The Morgan fingerprint density at radius 2 is 1.17 bits per heavy atom. The maximum absolute atomic E-state index is 8.60. The minimum atomic E-state index is -4.94. The van der Waals surface area contributed by atoms with E-state index < -0.39 is 20.5 Å². The summed E-state index contributed by atoms with van der Waals surface area (Å²) in [5.41, 5.74) is 1.87. The van der Waals surface area contributed by atoms with Gasteiger partial charge in [-0.2, -0.15) is 14.0 Å². The van der Waals surface area contributed by atoms with Crippen LogP contribution in [0.4, 0.5) is 0 Å². The lowest BCUT2D eigenvalue weighted by atomic mass is 10.1. The molecule has 1 aliphatic carbocycles. The van der Waals surface area contributed by atoms with Crippen molar-refractivity contribution >= 4 is 11.4 Å².